The van der Waals surface area contributed by atoms with Crippen LogP contribution in [0.4, 0.5) is 0 Å². The zero-order valence-electron chi connectivity index (χ0n) is 18.5. The first-order valence-electron chi connectivity index (χ1n) is 11.4. The summed E-state index contributed by atoms with van der Waals surface area (Å²) >= 11 is 0. The molecule has 0 bridgehead atoms. The van der Waals surface area contributed by atoms with Gasteiger partial charge in [0.1, 0.15) is 0 Å². The van der Waals surface area contributed by atoms with Crippen molar-refractivity contribution in [3.05, 3.63) is 60.4 Å². The normalized spacial score (nSPS) is 17.3. The van der Waals surface area contributed by atoms with Crippen molar-refractivity contribution in [2.75, 3.05) is 59.0 Å². The summed E-state index contributed by atoms with van der Waals surface area (Å²) in [7, 11) is 0. The second kappa shape index (κ2) is 9.64. The SMILES string of the molecule is O=C(CN1CCOCC1)N1CCN(C(=O)c2cc(-c3cccnc3)nc3ccccc23)CC1. The Hall–Kier alpha value is -3.36. The Morgan fingerprint density at radius 2 is 1.67 bits per heavy atom. The van der Waals surface area contributed by atoms with Crippen molar-refractivity contribution in [3.8, 4) is 11.3 Å². The largest absolute Gasteiger partial charge is 0.379 e. The summed E-state index contributed by atoms with van der Waals surface area (Å²) in [4.78, 5) is 41.0. The number of para-hydroxylation sites is 1. The molecule has 170 valence electrons. The molecule has 0 aliphatic carbocycles. The summed E-state index contributed by atoms with van der Waals surface area (Å²) in [6.07, 6.45) is 3.47. The van der Waals surface area contributed by atoms with Crippen LogP contribution in [0.25, 0.3) is 22.2 Å². The minimum absolute atomic E-state index is 0.0287. The molecule has 8 heteroatoms. The second-order valence-electron chi connectivity index (χ2n) is 8.38. The molecule has 2 aromatic heterocycles. The zero-order valence-corrected chi connectivity index (χ0v) is 18.5. The molecule has 0 atom stereocenters. The quantitative estimate of drug-likeness (QED) is 0.611. The van der Waals surface area contributed by atoms with Crippen molar-refractivity contribution in [1.29, 1.82) is 0 Å². The predicted molar refractivity (Wildman–Crippen MR) is 125 cm³/mol. The number of fused-ring (bicyclic) bond motifs is 1. The van der Waals surface area contributed by atoms with Gasteiger partial charge in [-0.3, -0.25) is 19.5 Å². The average molecular weight is 446 g/mol. The highest BCUT2D eigenvalue weighted by molar-refractivity contribution is 6.07. The smallest absolute Gasteiger partial charge is 0.254 e. The number of piperazine rings is 1. The first kappa shape index (κ1) is 21.5. The molecule has 5 rings (SSSR count). The molecule has 1 aromatic carbocycles. The van der Waals surface area contributed by atoms with Crippen LogP contribution in [0.5, 0.6) is 0 Å². The molecule has 0 spiro atoms. The summed E-state index contributed by atoms with van der Waals surface area (Å²) in [5.74, 6) is 0.0937. The number of aromatic nitrogens is 2. The average Bonchev–Trinajstić information content (AvgIpc) is 2.89. The van der Waals surface area contributed by atoms with E-state index < -0.39 is 0 Å². The van der Waals surface area contributed by atoms with E-state index in [0.717, 1.165) is 35.2 Å². The van der Waals surface area contributed by atoms with Crippen LogP contribution >= 0.6 is 0 Å². The van der Waals surface area contributed by atoms with E-state index in [0.29, 0.717) is 51.5 Å². The molecule has 2 fully saturated rings. The number of carbonyl (C=O) groups is 2. The van der Waals surface area contributed by atoms with E-state index in [1.165, 1.54) is 0 Å². The van der Waals surface area contributed by atoms with E-state index in [9.17, 15) is 9.59 Å². The number of benzene rings is 1. The number of hydrogen-bond acceptors (Lipinski definition) is 6. The predicted octanol–water partition coefficient (Wildman–Crippen LogP) is 1.91. The number of morpholine rings is 1. The fraction of sp³-hybridized carbons (Fsp3) is 0.360. The first-order valence-corrected chi connectivity index (χ1v) is 11.4. The van der Waals surface area contributed by atoms with E-state index in [1.54, 1.807) is 12.4 Å². The molecule has 2 aliphatic heterocycles. The molecular weight excluding hydrogens is 418 g/mol. The number of carbonyl (C=O) groups excluding carboxylic acids is 2. The van der Waals surface area contributed by atoms with Gasteiger partial charge in [-0.15, -0.1) is 0 Å². The number of amides is 2. The molecule has 33 heavy (non-hydrogen) atoms. The number of hydrogen-bond donors (Lipinski definition) is 0. The Kier molecular flexibility index (Phi) is 6.28. The van der Waals surface area contributed by atoms with Gasteiger partial charge >= 0.3 is 0 Å². The van der Waals surface area contributed by atoms with Gasteiger partial charge in [-0.2, -0.15) is 0 Å². The van der Waals surface area contributed by atoms with Crippen LogP contribution in [0.2, 0.25) is 0 Å². The molecule has 0 N–H and O–H groups in total. The van der Waals surface area contributed by atoms with Crippen molar-refractivity contribution in [2.24, 2.45) is 0 Å². The number of pyridine rings is 2. The lowest BCUT2D eigenvalue weighted by Gasteiger charge is -2.36. The lowest BCUT2D eigenvalue weighted by molar-refractivity contribution is -0.134. The molecule has 2 amide bonds. The third kappa shape index (κ3) is 4.72. The van der Waals surface area contributed by atoms with E-state index in [-0.39, 0.29) is 11.8 Å². The van der Waals surface area contributed by atoms with Gasteiger partial charge in [-0.1, -0.05) is 18.2 Å². The summed E-state index contributed by atoms with van der Waals surface area (Å²) in [6, 6.07) is 13.4. The van der Waals surface area contributed by atoms with E-state index in [1.807, 2.05) is 52.3 Å². The number of ether oxygens (including phenoxy) is 1. The Morgan fingerprint density at radius 1 is 0.909 bits per heavy atom. The van der Waals surface area contributed by atoms with Gasteiger partial charge in [0.25, 0.3) is 5.91 Å². The molecule has 0 radical (unpaired) electrons. The Labute approximate surface area is 192 Å². The molecule has 3 aromatic rings. The van der Waals surface area contributed by atoms with Crippen LogP contribution in [0.15, 0.2) is 54.9 Å². The van der Waals surface area contributed by atoms with Gasteiger partial charge in [0, 0.05) is 62.6 Å². The lowest BCUT2D eigenvalue weighted by Crippen LogP contribution is -2.53. The van der Waals surface area contributed by atoms with Gasteiger partial charge in [0.2, 0.25) is 5.91 Å². The maximum Gasteiger partial charge on any atom is 0.254 e. The van der Waals surface area contributed by atoms with Gasteiger partial charge in [-0.05, 0) is 24.3 Å². The Morgan fingerprint density at radius 3 is 2.42 bits per heavy atom. The Bertz CT molecular complexity index is 1140. The van der Waals surface area contributed by atoms with Gasteiger partial charge < -0.3 is 14.5 Å². The zero-order chi connectivity index (χ0) is 22.6. The van der Waals surface area contributed by atoms with Gasteiger partial charge in [0.15, 0.2) is 0 Å². The molecule has 4 heterocycles. The lowest BCUT2D eigenvalue weighted by atomic mass is 10.0. The number of nitrogens with zero attached hydrogens (tertiary/aromatic N) is 5. The fourth-order valence-electron chi connectivity index (χ4n) is 4.39. The first-order chi connectivity index (χ1) is 16.2. The summed E-state index contributed by atoms with van der Waals surface area (Å²) in [6.45, 7) is 5.49. The van der Waals surface area contributed by atoms with Crippen molar-refractivity contribution in [3.63, 3.8) is 0 Å². The van der Waals surface area contributed by atoms with Crippen LogP contribution in [0, 0.1) is 0 Å². The molecule has 8 nitrogen and oxygen atoms in total. The molecule has 2 aliphatic rings. The monoisotopic (exact) mass is 445 g/mol. The fourth-order valence-corrected chi connectivity index (χ4v) is 4.39. The highest BCUT2D eigenvalue weighted by Crippen LogP contribution is 2.26. The third-order valence-corrected chi connectivity index (χ3v) is 6.29. The van der Waals surface area contributed by atoms with Gasteiger partial charge in [-0.25, -0.2) is 4.98 Å². The maximum absolute atomic E-state index is 13.5. The minimum Gasteiger partial charge on any atom is -0.379 e. The van der Waals surface area contributed by atoms with Crippen LogP contribution in [0.1, 0.15) is 10.4 Å². The van der Waals surface area contributed by atoms with Crippen molar-refractivity contribution >= 4 is 22.7 Å². The highest BCUT2D eigenvalue weighted by atomic mass is 16.5. The van der Waals surface area contributed by atoms with E-state index in [4.69, 9.17) is 9.72 Å². The van der Waals surface area contributed by atoms with Crippen molar-refractivity contribution in [2.45, 2.75) is 0 Å². The standard InChI is InChI=1S/C25H27N5O3/c31-24(18-28-12-14-33-15-13-28)29-8-10-30(11-9-29)25(32)21-16-23(19-4-3-7-26-17-19)27-22-6-2-1-5-20(21)22/h1-7,16-17H,8-15,18H2. The van der Waals surface area contributed by atoms with E-state index >= 15 is 0 Å². The molecule has 0 saturated carbocycles. The van der Waals surface area contributed by atoms with Crippen molar-refractivity contribution < 1.29 is 14.3 Å². The topological polar surface area (TPSA) is 78.9 Å². The minimum atomic E-state index is -0.0287. The maximum atomic E-state index is 13.5. The summed E-state index contributed by atoms with van der Waals surface area (Å²) in [5, 5.41) is 0.834. The molecular formula is C25H27N5O3. The van der Waals surface area contributed by atoms with Crippen molar-refractivity contribution in [1.82, 2.24) is 24.7 Å². The molecule has 0 unspecified atom stereocenters. The highest BCUT2D eigenvalue weighted by Gasteiger charge is 2.27. The van der Waals surface area contributed by atoms with Crippen LogP contribution < -0.4 is 0 Å². The summed E-state index contributed by atoms with van der Waals surface area (Å²) < 4.78 is 5.36. The van der Waals surface area contributed by atoms with Gasteiger partial charge in [0.05, 0.1) is 36.5 Å². The second-order valence-corrected chi connectivity index (χ2v) is 8.38. The summed E-state index contributed by atoms with van der Waals surface area (Å²) in [5.41, 5.74) is 3.01. The molecule has 2 saturated heterocycles. The third-order valence-electron chi connectivity index (χ3n) is 6.29. The Balaban J connectivity index is 1.32. The number of rotatable bonds is 4. The van der Waals surface area contributed by atoms with Crippen LogP contribution in [-0.2, 0) is 9.53 Å². The van der Waals surface area contributed by atoms with E-state index in [2.05, 4.69) is 9.88 Å². The van der Waals surface area contributed by atoms with Crippen LogP contribution in [-0.4, -0.2) is 95.5 Å². The van der Waals surface area contributed by atoms with Crippen LogP contribution in [0.3, 0.4) is 0 Å².